The molecule has 0 aliphatic rings. The quantitative estimate of drug-likeness (QED) is 0.610. The fourth-order valence-electron chi connectivity index (χ4n) is 0.962. The van der Waals surface area contributed by atoms with Crippen LogP contribution < -0.4 is 0 Å². The lowest BCUT2D eigenvalue weighted by Crippen LogP contribution is -1.62. The number of aryl methyl sites for hydroxylation is 1. The first-order valence-corrected chi connectivity index (χ1v) is 6.54. The molecule has 2 aromatic rings. The molecule has 1 heteroatoms. The van der Waals surface area contributed by atoms with Gasteiger partial charge in [0.2, 0.25) is 0 Å². The molecular weight excluding hydrogens is 232 g/mol. The van der Waals surface area contributed by atoms with Gasteiger partial charge in [-0.25, -0.2) is 0 Å². The van der Waals surface area contributed by atoms with Crippen molar-refractivity contribution in [2.45, 2.75) is 42.0 Å². The zero-order chi connectivity index (χ0) is 14.2. The Hall–Kier alpha value is -1.76. The molecule has 2 rings (SSSR count). The van der Waals surface area contributed by atoms with Crippen molar-refractivity contribution < 1.29 is 5.11 Å². The summed E-state index contributed by atoms with van der Waals surface area (Å²) in [5.74, 6) is 0.322. The predicted octanol–water partition coefficient (Wildman–Crippen LogP) is 6.08. The van der Waals surface area contributed by atoms with Crippen LogP contribution in [0.3, 0.4) is 0 Å². The smallest absolute Gasteiger partial charge is 0.115 e. The average molecular weight is 262 g/mol. The fourth-order valence-corrected chi connectivity index (χ4v) is 0.962. The van der Waals surface area contributed by atoms with E-state index in [0.717, 1.165) is 0 Å². The average Bonchev–Trinajstić information content (AvgIpc) is 2.46. The molecule has 0 fully saturated rings. The molecule has 0 heterocycles. The van der Waals surface area contributed by atoms with Crippen LogP contribution in [0.1, 0.15) is 40.7 Å². The number of hydrogen-bond donors (Lipinski definition) is 1. The van der Waals surface area contributed by atoms with Gasteiger partial charge in [-0.2, -0.15) is 0 Å². The molecular formula is C18H30O. The lowest BCUT2D eigenvalue weighted by Gasteiger charge is -1.82. The van der Waals surface area contributed by atoms with E-state index in [4.69, 9.17) is 5.11 Å². The minimum absolute atomic E-state index is 0. The Labute approximate surface area is 119 Å². The first-order valence-electron chi connectivity index (χ1n) is 6.54. The largest absolute Gasteiger partial charge is 0.508 e. The third-order valence-electron chi connectivity index (χ3n) is 1.70. The van der Waals surface area contributed by atoms with E-state index in [-0.39, 0.29) is 7.43 Å². The molecule has 108 valence electrons. The van der Waals surface area contributed by atoms with Gasteiger partial charge in [0.15, 0.2) is 0 Å². The molecule has 0 spiro atoms. The van der Waals surface area contributed by atoms with Crippen LogP contribution in [0.15, 0.2) is 60.7 Å². The second kappa shape index (κ2) is 18.6. The third-order valence-corrected chi connectivity index (χ3v) is 1.70. The highest BCUT2D eigenvalue weighted by atomic mass is 16.3. The van der Waals surface area contributed by atoms with Crippen molar-refractivity contribution in [2.75, 3.05) is 0 Å². The summed E-state index contributed by atoms with van der Waals surface area (Å²) in [6, 6.07) is 19.0. The van der Waals surface area contributed by atoms with Crippen molar-refractivity contribution in [2.24, 2.45) is 0 Å². The lowest BCUT2D eigenvalue weighted by molar-refractivity contribution is 0.475. The minimum Gasteiger partial charge on any atom is -0.508 e. The molecule has 0 aliphatic carbocycles. The number of phenolic OH excluding ortho intramolecular Hbond substituents is 1. The van der Waals surface area contributed by atoms with Gasteiger partial charge in [-0.05, 0) is 19.1 Å². The predicted molar refractivity (Wildman–Crippen MR) is 88.7 cm³/mol. The number of rotatable bonds is 0. The normalized spacial score (nSPS) is 7.00. The molecule has 0 saturated heterocycles. The van der Waals surface area contributed by atoms with Crippen molar-refractivity contribution in [1.29, 1.82) is 0 Å². The van der Waals surface area contributed by atoms with E-state index in [1.807, 2.05) is 52.0 Å². The van der Waals surface area contributed by atoms with Gasteiger partial charge in [-0.15, -0.1) is 0 Å². The molecule has 0 amide bonds. The van der Waals surface area contributed by atoms with E-state index in [1.54, 1.807) is 24.3 Å². The molecule has 0 saturated carbocycles. The molecule has 0 bridgehead atoms. The van der Waals surface area contributed by atoms with Crippen LogP contribution in [0.4, 0.5) is 0 Å². The Morgan fingerprint density at radius 1 is 0.632 bits per heavy atom. The summed E-state index contributed by atoms with van der Waals surface area (Å²) in [6.45, 7) is 10.1. The third kappa shape index (κ3) is 16.2. The van der Waals surface area contributed by atoms with Crippen LogP contribution in [0.25, 0.3) is 0 Å². The van der Waals surface area contributed by atoms with Crippen LogP contribution in [0.2, 0.25) is 0 Å². The Morgan fingerprint density at radius 3 is 1.11 bits per heavy atom. The molecule has 2 aromatic carbocycles. The Kier molecular flexibility index (Phi) is 22.0. The van der Waals surface area contributed by atoms with E-state index in [9.17, 15) is 0 Å². The van der Waals surface area contributed by atoms with Crippen molar-refractivity contribution >= 4 is 0 Å². The van der Waals surface area contributed by atoms with Gasteiger partial charge < -0.3 is 5.11 Å². The molecule has 0 atom stereocenters. The summed E-state index contributed by atoms with van der Waals surface area (Å²) < 4.78 is 0. The minimum atomic E-state index is 0. The van der Waals surface area contributed by atoms with Crippen LogP contribution in [0, 0.1) is 6.92 Å². The maximum absolute atomic E-state index is 8.63. The second-order valence-electron chi connectivity index (χ2n) is 2.99. The topological polar surface area (TPSA) is 20.2 Å². The number of para-hydroxylation sites is 1. The van der Waals surface area contributed by atoms with E-state index in [1.165, 1.54) is 5.56 Å². The molecule has 0 radical (unpaired) electrons. The van der Waals surface area contributed by atoms with Crippen LogP contribution in [-0.4, -0.2) is 5.11 Å². The second-order valence-corrected chi connectivity index (χ2v) is 2.99. The standard InChI is InChI=1S/C7H8.C6H6O.2C2H6.CH4/c1-7-5-3-2-4-6-7;7-6-4-2-1-3-5-6;2*1-2;/h2-6H,1H3;1-5,7H;2*1-2H3;1H4. The van der Waals surface area contributed by atoms with Gasteiger partial charge in [0.05, 0.1) is 0 Å². The van der Waals surface area contributed by atoms with E-state index in [2.05, 4.69) is 19.1 Å². The summed E-state index contributed by atoms with van der Waals surface area (Å²) in [5, 5.41) is 8.63. The van der Waals surface area contributed by atoms with E-state index < -0.39 is 0 Å². The zero-order valence-electron chi connectivity index (χ0n) is 12.2. The highest BCUT2D eigenvalue weighted by molar-refractivity contribution is 5.18. The Morgan fingerprint density at radius 2 is 0.947 bits per heavy atom. The van der Waals surface area contributed by atoms with Gasteiger partial charge in [-0.1, -0.05) is 89.2 Å². The molecule has 0 aromatic heterocycles. The maximum Gasteiger partial charge on any atom is 0.115 e. The Bertz CT molecular complexity index is 303. The number of aromatic hydroxyl groups is 1. The van der Waals surface area contributed by atoms with Gasteiger partial charge in [0.25, 0.3) is 0 Å². The lowest BCUT2D eigenvalue weighted by atomic mass is 10.2. The molecule has 0 aliphatic heterocycles. The molecule has 1 nitrogen and oxygen atoms in total. The summed E-state index contributed by atoms with van der Waals surface area (Å²) in [6.07, 6.45) is 0. The highest BCUT2D eigenvalue weighted by Gasteiger charge is 1.74. The molecule has 19 heavy (non-hydrogen) atoms. The number of hydrogen-bond acceptors (Lipinski definition) is 1. The van der Waals surface area contributed by atoms with Gasteiger partial charge in [0, 0.05) is 0 Å². The summed E-state index contributed by atoms with van der Waals surface area (Å²) in [5.41, 5.74) is 1.32. The Balaban J connectivity index is -0.000000205. The van der Waals surface area contributed by atoms with Gasteiger partial charge in [-0.3, -0.25) is 0 Å². The van der Waals surface area contributed by atoms with Crippen molar-refractivity contribution in [3.05, 3.63) is 66.2 Å². The summed E-state index contributed by atoms with van der Waals surface area (Å²) >= 11 is 0. The first-order chi connectivity index (χ1) is 8.79. The van der Waals surface area contributed by atoms with Crippen LogP contribution >= 0.6 is 0 Å². The van der Waals surface area contributed by atoms with Gasteiger partial charge >= 0.3 is 0 Å². The van der Waals surface area contributed by atoms with Crippen molar-refractivity contribution in [3.8, 4) is 5.75 Å². The number of phenols is 1. The van der Waals surface area contributed by atoms with Crippen LogP contribution in [-0.2, 0) is 0 Å². The summed E-state index contributed by atoms with van der Waals surface area (Å²) in [7, 11) is 0. The molecule has 1 N–H and O–H groups in total. The fraction of sp³-hybridized carbons (Fsp3) is 0.333. The van der Waals surface area contributed by atoms with E-state index in [0.29, 0.717) is 5.75 Å². The van der Waals surface area contributed by atoms with Crippen LogP contribution in [0.5, 0.6) is 5.75 Å². The number of benzene rings is 2. The van der Waals surface area contributed by atoms with E-state index >= 15 is 0 Å². The molecule has 0 unspecified atom stereocenters. The monoisotopic (exact) mass is 262 g/mol. The maximum atomic E-state index is 8.63. The highest BCUT2D eigenvalue weighted by Crippen LogP contribution is 2.02. The zero-order valence-corrected chi connectivity index (χ0v) is 12.2. The first kappa shape index (κ1) is 22.4. The summed E-state index contributed by atoms with van der Waals surface area (Å²) in [4.78, 5) is 0. The van der Waals surface area contributed by atoms with Crippen molar-refractivity contribution in [1.82, 2.24) is 0 Å². The van der Waals surface area contributed by atoms with Crippen molar-refractivity contribution in [3.63, 3.8) is 0 Å². The SMILES string of the molecule is C.CC.CC.Cc1ccccc1.Oc1ccccc1. The van der Waals surface area contributed by atoms with Gasteiger partial charge in [0.1, 0.15) is 5.75 Å².